The summed E-state index contributed by atoms with van der Waals surface area (Å²) in [5.41, 5.74) is 2.32. The molecule has 0 aromatic heterocycles. The number of likely N-dealkylation sites (N-methyl/N-ethyl adjacent to an activating group) is 1. The van der Waals surface area contributed by atoms with Gasteiger partial charge < -0.3 is 9.64 Å². The van der Waals surface area contributed by atoms with Crippen LogP contribution in [-0.4, -0.2) is 46.3 Å². The molecule has 0 aliphatic carbocycles. The Hall–Kier alpha value is -1.11. The predicted octanol–water partition coefficient (Wildman–Crippen LogP) is 1.55. The van der Waals surface area contributed by atoms with Gasteiger partial charge in [-0.3, -0.25) is 0 Å². The number of nitrogens with zero attached hydrogens (tertiary/aromatic N) is 1. The van der Waals surface area contributed by atoms with Crippen LogP contribution < -0.4 is 9.46 Å². The van der Waals surface area contributed by atoms with Gasteiger partial charge in [0.15, 0.2) is 0 Å². The number of sulfonamides is 1. The van der Waals surface area contributed by atoms with E-state index in [1.54, 1.807) is 0 Å². The summed E-state index contributed by atoms with van der Waals surface area (Å²) in [6.45, 7) is 2.98. The van der Waals surface area contributed by atoms with E-state index in [0.717, 1.165) is 24.3 Å². The molecule has 1 unspecified atom stereocenters. The van der Waals surface area contributed by atoms with Crippen molar-refractivity contribution in [3.63, 3.8) is 0 Å². The number of ether oxygens (including phenoxy) is 1. The summed E-state index contributed by atoms with van der Waals surface area (Å²) in [5, 5.41) is 0. The smallest absolute Gasteiger partial charge is 0.211 e. The molecule has 1 aromatic carbocycles. The molecule has 6 heteroatoms. The molecule has 5 nitrogen and oxygen atoms in total. The lowest BCUT2D eigenvalue weighted by Gasteiger charge is -2.25. The second-order valence-electron chi connectivity index (χ2n) is 5.61. The van der Waals surface area contributed by atoms with Gasteiger partial charge >= 0.3 is 0 Å². The number of hydrogen-bond acceptors (Lipinski definition) is 4. The van der Waals surface area contributed by atoms with E-state index < -0.39 is 10.0 Å². The van der Waals surface area contributed by atoms with E-state index in [4.69, 9.17) is 4.74 Å². The van der Waals surface area contributed by atoms with Crippen molar-refractivity contribution in [1.29, 1.82) is 0 Å². The standard InChI is InChI=1S/C15H24N2O3S/c1-4-9-21(18,19)16-11-14(17(2)3)12-5-6-15-13(10-12)7-8-20-15/h5-6,10,14,16H,4,7-9,11H2,1-3H3. The van der Waals surface area contributed by atoms with Crippen LogP contribution in [0.5, 0.6) is 5.75 Å². The van der Waals surface area contributed by atoms with Gasteiger partial charge in [-0.05, 0) is 37.7 Å². The van der Waals surface area contributed by atoms with Crippen molar-refractivity contribution >= 4 is 10.0 Å². The van der Waals surface area contributed by atoms with Crippen molar-refractivity contribution in [2.75, 3.05) is 33.0 Å². The lowest BCUT2D eigenvalue weighted by molar-refractivity contribution is 0.299. The second kappa shape index (κ2) is 6.77. The summed E-state index contributed by atoms with van der Waals surface area (Å²) in [6.07, 6.45) is 1.54. The molecule has 21 heavy (non-hydrogen) atoms. The van der Waals surface area contributed by atoms with Crippen LogP contribution in [0.3, 0.4) is 0 Å². The van der Waals surface area contributed by atoms with Gasteiger partial charge in [0.05, 0.1) is 12.4 Å². The zero-order valence-corrected chi connectivity index (χ0v) is 13.7. The van der Waals surface area contributed by atoms with E-state index in [9.17, 15) is 8.42 Å². The molecule has 1 aromatic rings. The highest BCUT2D eigenvalue weighted by atomic mass is 32.2. The first-order valence-electron chi connectivity index (χ1n) is 7.32. The zero-order valence-electron chi connectivity index (χ0n) is 12.9. The molecule has 0 saturated heterocycles. The van der Waals surface area contributed by atoms with Crippen molar-refractivity contribution in [2.24, 2.45) is 0 Å². The van der Waals surface area contributed by atoms with Gasteiger partial charge in [0.2, 0.25) is 10.0 Å². The average Bonchev–Trinajstić information content (AvgIpc) is 2.85. The first kappa shape index (κ1) is 16.3. The van der Waals surface area contributed by atoms with Crippen LogP contribution in [0, 0.1) is 0 Å². The summed E-state index contributed by atoms with van der Waals surface area (Å²) in [5.74, 6) is 1.12. The first-order chi connectivity index (χ1) is 9.93. The average molecular weight is 312 g/mol. The van der Waals surface area contributed by atoms with E-state index in [-0.39, 0.29) is 11.8 Å². The Kier molecular flexibility index (Phi) is 5.24. The van der Waals surface area contributed by atoms with E-state index in [2.05, 4.69) is 10.8 Å². The molecule has 1 aliphatic heterocycles. The van der Waals surface area contributed by atoms with Crippen molar-refractivity contribution in [1.82, 2.24) is 9.62 Å². The molecule has 1 atom stereocenters. The van der Waals surface area contributed by atoms with E-state index in [1.807, 2.05) is 38.1 Å². The molecule has 0 saturated carbocycles. The fourth-order valence-corrected chi connectivity index (χ4v) is 3.65. The van der Waals surface area contributed by atoms with Gasteiger partial charge in [-0.15, -0.1) is 0 Å². The first-order valence-corrected chi connectivity index (χ1v) is 8.97. The summed E-state index contributed by atoms with van der Waals surface area (Å²) in [7, 11) is 0.741. The molecule has 0 spiro atoms. The minimum absolute atomic E-state index is 0.0162. The van der Waals surface area contributed by atoms with Crippen molar-refractivity contribution < 1.29 is 13.2 Å². The molecule has 2 rings (SSSR count). The Morgan fingerprint density at radius 1 is 1.38 bits per heavy atom. The van der Waals surface area contributed by atoms with Crippen LogP contribution in [0.4, 0.5) is 0 Å². The molecule has 118 valence electrons. The predicted molar refractivity (Wildman–Crippen MR) is 84.1 cm³/mol. The maximum atomic E-state index is 11.8. The third-order valence-electron chi connectivity index (χ3n) is 3.69. The number of hydrogen-bond donors (Lipinski definition) is 1. The Balaban J connectivity index is 2.12. The van der Waals surface area contributed by atoms with E-state index in [1.165, 1.54) is 5.56 Å². The van der Waals surface area contributed by atoms with Gasteiger partial charge in [-0.25, -0.2) is 13.1 Å². The summed E-state index contributed by atoms with van der Waals surface area (Å²) >= 11 is 0. The molecule has 0 bridgehead atoms. The maximum absolute atomic E-state index is 11.8. The molecule has 0 radical (unpaired) electrons. The Morgan fingerprint density at radius 3 is 2.81 bits per heavy atom. The fraction of sp³-hybridized carbons (Fsp3) is 0.600. The topological polar surface area (TPSA) is 58.6 Å². The Morgan fingerprint density at radius 2 is 2.14 bits per heavy atom. The van der Waals surface area contributed by atoms with Gasteiger partial charge in [0, 0.05) is 19.0 Å². The number of benzene rings is 1. The van der Waals surface area contributed by atoms with Gasteiger partial charge in [-0.1, -0.05) is 19.1 Å². The molecule has 0 fully saturated rings. The number of rotatable bonds is 7. The fourth-order valence-electron chi connectivity index (χ4n) is 2.56. The van der Waals surface area contributed by atoms with Crippen molar-refractivity contribution in [3.8, 4) is 5.75 Å². The summed E-state index contributed by atoms with van der Waals surface area (Å²) in [4.78, 5) is 2.03. The molecule has 1 heterocycles. The zero-order chi connectivity index (χ0) is 15.5. The van der Waals surface area contributed by atoms with Gasteiger partial charge in [0.1, 0.15) is 5.75 Å². The lowest BCUT2D eigenvalue weighted by atomic mass is 10.0. The van der Waals surface area contributed by atoms with Crippen LogP contribution in [0.2, 0.25) is 0 Å². The minimum atomic E-state index is -3.18. The van der Waals surface area contributed by atoms with Crippen molar-refractivity contribution in [3.05, 3.63) is 29.3 Å². The Labute approximate surface area is 127 Å². The summed E-state index contributed by atoms with van der Waals surface area (Å²) in [6, 6.07) is 6.14. The van der Waals surface area contributed by atoms with E-state index >= 15 is 0 Å². The highest BCUT2D eigenvalue weighted by Crippen LogP contribution is 2.29. The Bertz CT molecular complexity index is 585. The van der Waals surface area contributed by atoms with Crippen LogP contribution in [0.15, 0.2) is 18.2 Å². The molecular weight excluding hydrogens is 288 g/mol. The van der Waals surface area contributed by atoms with E-state index in [0.29, 0.717) is 13.0 Å². The maximum Gasteiger partial charge on any atom is 0.211 e. The molecule has 1 N–H and O–H groups in total. The lowest BCUT2D eigenvalue weighted by Crippen LogP contribution is -2.35. The minimum Gasteiger partial charge on any atom is -0.493 e. The highest BCUT2D eigenvalue weighted by Gasteiger charge is 2.20. The van der Waals surface area contributed by atoms with Gasteiger partial charge in [-0.2, -0.15) is 0 Å². The van der Waals surface area contributed by atoms with Crippen LogP contribution in [0.25, 0.3) is 0 Å². The third kappa shape index (κ3) is 4.18. The molecule has 0 amide bonds. The largest absolute Gasteiger partial charge is 0.493 e. The third-order valence-corrected chi connectivity index (χ3v) is 5.24. The quantitative estimate of drug-likeness (QED) is 0.830. The molecular formula is C15H24N2O3S. The normalized spacial score (nSPS) is 15.8. The SMILES string of the molecule is CCCS(=O)(=O)NCC(c1ccc2c(c1)CCO2)N(C)C. The van der Waals surface area contributed by atoms with Crippen LogP contribution in [-0.2, 0) is 16.4 Å². The molecule has 1 aliphatic rings. The van der Waals surface area contributed by atoms with Crippen LogP contribution >= 0.6 is 0 Å². The van der Waals surface area contributed by atoms with Crippen molar-refractivity contribution in [2.45, 2.75) is 25.8 Å². The number of fused-ring (bicyclic) bond motifs is 1. The monoisotopic (exact) mass is 312 g/mol. The van der Waals surface area contributed by atoms with Crippen LogP contribution in [0.1, 0.15) is 30.5 Å². The summed E-state index contributed by atoms with van der Waals surface area (Å²) < 4.78 is 31.9. The van der Waals surface area contributed by atoms with Gasteiger partial charge in [0.25, 0.3) is 0 Å². The highest BCUT2D eigenvalue weighted by molar-refractivity contribution is 7.89. The number of nitrogens with one attached hydrogen (secondary N) is 1. The second-order valence-corrected chi connectivity index (χ2v) is 7.54.